The number of hydrogen-bond donors (Lipinski definition) is 1. The largest absolute Gasteiger partial charge is 0.368 e. The van der Waals surface area contributed by atoms with E-state index in [1.807, 2.05) is 23.2 Å². The van der Waals surface area contributed by atoms with E-state index < -0.39 is 0 Å². The molecule has 3 heterocycles. The third-order valence-electron chi connectivity index (χ3n) is 6.79. The van der Waals surface area contributed by atoms with Gasteiger partial charge in [0, 0.05) is 83.5 Å². The molecule has 2 aliphatic heterocycles. The molecule has 3 aliphatic rings. The fraction of sp³-hybridized carbons (Fsp3) is 0.609. The van der Waals surface area contributed by atoms with Crippen LogP contribution in [0.15, 0.2) is 30.5 Å². The molecule has 2 saturated heterocycles. The van der Waals surface area contributed by atoms with Gasteiger partial charge in [-0.05, 0) is 30.5 Å². The molecule has 1 saturated carbocycles. The van der Waals surface area contributed by atoms with Gasteiger partial charge in [0.05, 0.1) is 17.4 Å². The van der Waals surface area contributed by atoms with Gasteiger partial charge in [-0.15, -0.1) is 0 Å². The number of piperazine rings is 2. The smallest absolute Gasteiger partial charge is 0.157 e. The van der Waals surface area contributed by atoms with Gasteiger partial charge < -0.3 is 9.62 Å². The summed E-state index contributed by atoms with van der Waals surface area (Å²) in [6, 6.07) is 9.50. The molecule has 2 aromatic rings. The third-order valence-corrected chi connectivity index (χ3v) is 7.52. The molecule has 1 N–H and O–H groups in total. The van der Waals surface area contributed by atoms with Gasteiger partial charge in [0.1, 0.15) is 0 Å². The predicted octanol–water partition coefficient (Wildman–Crippen LogP) is 3.29. The Labute approximate surface area is 200 Å². The first kappa shape index (κ1) is 22.3. The van der Waals surface area contributed by atoms with Crippen LogP contribution in [0.1, 0.15) is 18.4 Å². The van der Waals surface area contributed by atoms with Gasteiger partial charge in [-0.1, -0.05) is 29.6 Å². The zero-order valence-corrected chi connectivity index (χ0v) is 20.5. The SMILES string of the molecule is CSNc1ccn(CN2CCN(Cc3ccc(Cl)c(N4CCN(C5CC5)CC4)c3)CC2)n1. The van der Waals surface area contributed by atoms with Crippen molar-refractivity contribution >= 4 is 35.1 Å². The molecule has 5 rings (SSSR count). The van der Waals surface area contributed by atoms with Crippen LogP contribution in [0.25, 0.3) is 0 Å². The number of nitrogens with one attached hydrogen (secondary N) is 1. The summed E-state index contributed by atoms with van der Waals surface area (Å²) < 4.78 is 5.20. The molecule has 0 unspecified atom stereocenters. The number of halogens is 1. The lowest BCUT2D eigenvalue weighted by molar-refractivity contribution is 0.0989. The Morgan fingerprint density at radius 2 is 1.75 bits per heavy atom. The van der Waals surface area contributed by atoms with Crippen LogP contribution in [0.2, 0.25) is 5.02 Å². The van der Waals surface area contributed by atoms with E-state index in [4.69, 9.17) is 11.6 Å². The molecular weight excluding hydrogens is 442 g/mol. The van der Waals surface area contributed by atoms with Crippen molar-refractivity contribution < 1.29 is 0 Å². The van der Waals surface area contributed by atoms with Crippen molar-refractivity contribution in [1.29, 1.82) is 0 Å². The summed E-state index contributed by atoms with van der Waals surface area (Å²) >= 11 is 8.18. The molecule has 0 spiro atoms. The van der Waals surface area contributed by atoms with Gasteiger partial charge >= 0.3 is 0 Å². The van der Waals surface area contributed by atoms with E-state index in [2.05, 4.69) is 47.6 Å². The molecule has 0 atom stereocenters. The summed E-state index contributed by atoms with van der Waals surface area (Å²) in [6.45, 7) is 10.6. The maximum atomic E-state index is 6.61. The van der Waals surface area contributed by atoms with Crippen LogP contribution in [-0.2, 0) is 13.2 Å². The topological polar surface area (TPSA) is 42.8 Å². The zero-order chi connectivity index (χ0) is 21.9. The lowest BCUT2D eigenvalue weighted by atomic mass is 10.1. The van der Waals surface area contributed by atoms with Gasteiger partial charge in [0.25, 0.3) is 0 Å². The second-order valence-corrected chi connectivity index (χ2v) is 10.1. The predicted molar refractivity (Wildman–Crippen MR) is 134 cm³/mol. The van der Waals surface area contributed by atoms with Crippen molar-refractivity contribution in [2.45, 2.75) is 32.1 Å². The van der Waals surface area contributed by atoms with Crippen LogP contribution in [-0.4, -0.2) is 89.1 Å². The van der Waals surface area contributed by atoms with Crippen LogP contribution in [0.3, 0.4) is 0 Å². The van der Waals surface area contributed by atoms with E-state index in [0.29, 0.717) is 0 Å². The number of anilines is 2. The molecule has 1 aliphatic carbocycles. The Balaban J connectivity index is 1.12. The molecule has 1 aromatic carbocycles. The lowest BCUT2D eigenvalue weighted by Crippen LogP contribution is -2.47. The van der Waals surface area contributed by atoms with Crippen molar-refractivity contribution in [3.8, 4) is 0 Å². The van der Waals surface area contributed by atoms with Crippen molar-refractivity contribution in [3.63, 3.8) is 0 Å². The first-order valence-electron chi connectivity index (χ1n) is 11.7. The van der Waals surface area contributed by atoms with Gasteiger partial charge in [-0.2, -0.15) is 5.10 Å². The summed E-state index contributed by atoms with van der Waals surface area (Å²) in [4.78, 5) is 10.2. The third kappa shape index (κ3) is 5.54. The van der Waals surface area contributed by atoms with Gasteiger partial charge in [0.15, 0.2) is 5.82 Å². The van der Waals surface area contributed by atoms with Crippen molar-refractivity contribution in [2.24, 2.45) is 0 Å². The number of rotatable bonds is 8. The second kappa shape index (κ2) is 10.2. The highest BCUT2D eigenvalue weighted by Crippen LogP contribution is 2.31. The summed E-state index contributed by atoms with van der Waals surface area (Å²) in [5.41, 5.74) is 2.58. The van der Waals surface area contributed by atoms with Crippen molar-refractivity contribution in [2.75, 3.05) is 68.2 Å². The average Bonchev–Trinajstić information content (AvgIpc) is 3.57. The Bertz CT molecular complexity index is 886. The normalized spacial score (nSPS) is 21.2. The summed E-state index contributed by atoms with van der Waals surface area (Å²) in [6.07, 6.45) is 6.84. The first-order chi connectivity index (χ1) is 15.7. The lowest BCUT2D eigenvalue weighted by Gasteiger charge is -2.37. The van der Waals surface area contributed by atoms with Crippen molar-refractivity contribution in [1.82, 2.24) is 24.5 Å². The van der Waals surface area contributed by atoms with Gasteiger partial charge in [-0.25, -0.2) is 0 Å². The van der Waals surface area contributed by atoms with E-state index in [1.165, 1.54) is 24.1 Å². The minimum Gasteiger partial charge on any atom is -0.368 e. The number of aromatic nitrogens is 2. The summed E-state index contributed by atoms with van der Waals surface area (Å²) in [5, 5.41) is 5.45. The van der Waals surface area contributed by atoms with E-state index in [-0.39, 0.29) is 0 Å². The van der Waals surface area contributed by atoms with Crippen LogP contribution in [0.4, 0.5) is 11.5 Å². The molecular formula is C23H34ClN7S. The quantitative estimate of drug-likeness (QED) is 0.587. The van der Waals surface area contributed by atoms with Crippen LogP contribution < -0.4 is 9.62 Å². The minimum absolute atomic E-state index is 0.849. The number of benzene rings is 1. The Morgan fingerprint density at radius 1 is 1.00 bits per heavy atom. The average molecular weight is 476 g/mol. The standard InChI is InChI=1S/C23H34ClN7S/c1-32-26-23-6-7-31(25-23)18-28-10-8-27(9-11-28)17-19-2-5-21(24)22(16-19)30-14-12-29(13-15-30)20-3-4-20/h2,5-7,16,20H,3-4,8-15,17-18H2,1H3,(H,25,26). The van der Waals surface area contributed by atoms with Crippen molar-refractivity contribution in [3.05, 3.63) is 41.0 Å². The Hall–Kier alpha value is -1.45. The molecule has 0 bridgehead atoms. The second-order valence-electron chi connectivity index (χ2n) is 9.12. The zero-order valence-electron chi connectivity index (χ0n) is 18.9. The van der Waals surface area contributed by atoms with Gasteiger partial charge in [-0.3, -0.25) is 19.4 Å². The highest BCUT2D eigenvalue weighted by Gasteiger charge is 2.31. The Kier molecular flexibility index (Phi) is 7.14. The van der Waals surface area contributed by atoms with E-state index in [1.54, 1.807) is 11.9 Å². The van der Waals surface area contributed by atoms with Crippen LogP contribution >= 0.6 is 23.5 Å². The molecule has 3 fully saturated rings. The fourth-order valence-electron chi connectivity index (χ4n) is 4.82. The first-order valence-corrected chi connectivity index (χ1v) is 13.3. The number of nitrogens with zero attached hydrogens (tertiary/aromatic N) is 6. The molecule has 1 aromatic heterocycles. The molecule has 32 heavy (non-hydrogen) atoms. The highest BCUT2D eigenvalue weighted by atomic mass is 35.5. The number of hydrogen-bond acceptors (Lipinski definition) is 7. The van der Waals surface area contributed by atoms with Crippen LogP contribution in [0.5, 0.6) is 0 Å². The Morgan fingerprint density at radius 3 is 2.47 bits per heavy atom. The maximum absolute atomic E-state index is 6.61. The molecule has 7 nitrogen and oxygen atoms in total. The highest BCUT2D eigenvalue weighted by molar-refractivity contribution is 7.99. The summed E-state index contributed by atoms with van der Waals surface area (Å²) in [7, 11) is 0. The molecule has 9 heteroatoms. The van der Waals surface area contributed by atoms with Crippen LogP contribution in [0, 0.1) is 0 Å². The molecule has 0 radical (unpaired) electrons. The van der Waals surface area contributed by atoms with E-state index in [9.17, 15) is 0 Å². The summed E-state index contributed by atoms with van der Waals surface area (Å²) in [5.74, 6) is 0.920. The van der Waals surface area contributed by atoms with Gasteiger partial charge in [0.2, 0.25) is 0 Å². The molecule has 0 amide bonds. The van der Waals surface area contributed by atoms with E-state index in [0.717, 1.165) is 82.5 Å². The molecule has 174 valence electrons. The van der Waals surface area contributed by atoms with E-state index >= 15 is 0 Å². The minimum atomic E-state index is 0.849. The monoisotopic (exact) mass is 475 g/mol. The fourth-order valence-corrected chi connectivity index (χ4v) is 5.37. The maximum Gasteiger partial charge on any atom is 0.157 e.